The van der Waals surface area contributed by atoms with Gasteiger partial charge in [0.05, 0.1) is 23.6 Å². The predicted molar refractivity (Wildman–Crippen MR) is 108 cm³/mol. The highest BCUT2D eigenvalue weighted by atomic mass is 35.5. The number of thioether (sulfide) groups is 1. The molecule has 0 aliphatic carbocycles. The number of rotatable bonds is 8. The standard InChI is InChI=1S/C19H22ClNO6S/c1-5-11(3)21-18(23)15(28-19(21)24)9-12-7-13(20)17(14(8-12)25-4)27-10-16(22)26-6-2/h7-9,11H,5-6,10H2,1-4H3/b15-9+. The number of nitrogens with zero attached hydrogens (tertiary/aromatic N) is 1. The number of imide groups is 1. The Morgan fingerprint density at radius 1 is 1.32 bits per heavy atom. The third-order valence-corrected chi connectivity index (χ3v) is 5.21. The van der Waals surface area contributed by atoms with Crippen LogP contribution in [0.15, 0.2) is 17.0 Å². The smallest absolute Gasteiger partial charge is 0.344 e. The van der Waals surface area contributed by atoms with Gasteiger partial charge in [0, 0.05) is 6.04 Å². The molecular formula is C19H22ClNO6S. The second-order valence-corrected chi connectivity index (χ2v) is 7.34. The van der Waals surface area contributed by atoms with Crippen molar-refractivity contribution in [3.05, 3.63) is 27.6 Å². The second kappa shape index (κ2) is 9.84. The Balaban J connectivity index is 2.27. The number of amides is 2. The fraction of sp³-hybridized carbons (Fsp3) is 0.421. The van der Waals surface area contributed by atoms with E-state index in [4.69, 9.17) is 25.8 Å². The topological polar surface area (TPSA) is 82.1 Å². The van der Waals surface area contributed by atoms with E-state index >= 15 is 0 Å². The lowest BCUT2D eigenvalue weighted by Crippen LogP contribution is -2.36. The van der Waals surface area contributed by atoms with Gasteiger partial charge in [0.15, 0.2) is 18.1 Å². The van der Waals surface area contributed by atoms with Crippen molar-refractivity contribution in [2.24, 2.45) is 0 Å². The number of hydrogen-bond acceptors (Lipinski definition) is 7. The van der Waals surface area contributed by atoms with E-state index in [1.54, 1.807) is 25.1 Å². The van der Waals surface area contributed by atoms with Crippen LogP contribution < -0.4 is 9.47 Å². The molecule has 0 spiro atoms. The lowest BCUT2D eigenvalue weighted by molar-refractivity contribution is -0.145. The Hall–Kier alpha value is -2.19. The van der Waals surface area contributed by atoms with Crippen LogP contribution in [0.4, 0.5) is 4.79 Å². The molecule has 1 aromatic rings. The van der Waals surface area contributed by atoms with Gasteiger partial charge in [0.1, 0.15) is 0 Å². The minimum absolute atomic E-state index is 0.171. The average molecular weight is 428 g/mol. The third kappa shape index (κ3) is 4.99. The molecule has 0 saturated carbocycles. The number of methoxy groups -OCH3 is 1. The Morgan fingerprint density at radius 3 is 2.64 bits per heavy atom. The van der Waals surface area contributed by atoms with E-state index in [9.17, 15) is 14.4 Å². The van der Waals surface area contributed by atoms with Crippen molar-refractivity contribution in [2.75, 3.05) is 20.3 Å². The molecule has 2 rings (SSSR count). The van der Waals surface area contributed by atoms with Gasteiger partial charge in [-0.2, -0.15) is 0 Å². The lowest BCUT2D eigenvalue weighted by atomic mass is 10.1. The van der Waals surface area contributed by atoms with Crippen molar-refractivity contribution in [3.63, 3.8) is 0 Å². The molecule has 1 heterocycles. The first kappa shape index (κ1) is 22.1. The van der Waals surface area contributed by atoms with Gasteiger partial charge in [-0.05, 0) is 55.8 Å². The number of ether oxygens (including phenoxy) is 3. The summed E-state index contributed by atoms with van der Waals surface area (Å²) in [5.74, 6) is -0.364. The minimum Gasteiger partial charge on any atom is -0.493 e. The number of carbonyl (C=O) groups is 3. The third-order valence-electron chi connectivity index (χ3n) is 4.04. The molecule has 0 bridgehead atoms. The number of benzene rings is 1. The molecule has 0 N–H and O–H groups in total. The zero-order valence-electron chi connectivity index (χ0n) is 16.1. The van der Waals surface area contributed by atoms with E-state index in [1.165, 1.54) is 12.0 Å². The van der Waals surface area contributed by atoms with Gasteiger partial charge in [-0.15, -0.1) is 0 Å². The van der Waals surface area contributed by atoms with Crippen LogP contribution in [-0.2, 0) is 14.3 Å². The highest BCUT2D eigenvalue weighted by Crippen LogP contribution is 2.39. The Labute approximate surface area is 172 Å². The summed E-state index contributed by atoms with van der Waals surface area (Å²) in [6, 6.07) is 3.01. The van der Waals surface area contributed by atoms with E-state index in [1.807, 2.05) is 13.8 Å². The van der Waals surface area contributed by atoms with Gasteiger partial charge in [-0.1, -0.05) is 18.5 Å². The molecule has 1 aliphatic heterocycles. The summed E-state index contributed by atoms with van der Waals surface area (Å²) in [7, 11) is 1.43. The fourth-order valence-corrected chi connectivity index (χ4v) is 3.69. The molecule has 1 aromatic carbocycles. The second-order valence-electron chi connectivity index (χ2n) is 5.94. The van der Waals surface area contributed by atoms with Crippen LogP contribution >= 0.6 is 23.4 Å². The normalized spacial score (nSPS) is 16.5. The monoisotopic (exact) mass is 427 g/mol. The summed E-state index contributed by atoms with van der Waals surface area (Å²) >= 11 is 7.16. The van der Waals surface area contributed by atoms with Crippen molar-refractivity contribution in [1.82, 2.24) is 4.90 Å². The average Bonchev–Trinajstić information content (AvgIpc) is 2.93. The SMILES string of the molecule is CCOC(=O)COc1c(Cl)cc(/C=C2/SC(=O)N(C(C)CC)C2=O)cc1OC. The maximum Gasteiger partial charge on any atom is 0.344 e. The van der Waals surface area contributed by atoms with Gasteiger partial charge in [0.25, 0.3) is 11.1 Å². The Morgan fingerprint density at radius 2 is 2.04 bits per heavy atom. The van der Waals surface area contributed by atoms with Gasteiger partial charge >= 0.3 is 5.97 Å². The lowest BCUT2D eigenvalue weighted by Gasteiger charge is -2.19. The zero-order valence-corrected chi connectivity index (χ0v) is 17.7. The molecule has 1 aliphatic rings. The van der Waals surface area contributed by atoms with E-state index in [0.29, 0.717) is 22.6 Å². The number of esters is 1. The number of carbonyl (C=O) groups excluding carboxylic acids is 3. The fourth-order valence-electron chi connectivity index (χ4n) is 2.49. The first-order valence-corrected chi connectivity index (χ1v) is 9.94. The van der Waals surface area contributed by atoms with Crippen LogP contribution in [0.3, 0.4) is 0 Å². The van der Waals surface area contributed by atoms with Crippen LogP contribution in [0.25, 0.3) is 6.08 Å². The van der Waals surface area contributed by atoms with Crippen LogP contribution in [-0.4, -0.2) is 48.4 Å². The Bertz CT molecular complexity index is 810. The molecule has 152 valence electrons. The molecule has 7 nitrogen and oxygen atoms in total. The first-order chi connectivity index (χ1) is 13.3. The quantitative estimate of drug-likeness (QED) is 0.455. The van der Waals surface area contributed by atoms with Crippen molar-refractivity contribution >= 4 is 46.6 Å². The summed E-state index contributed by atoms with van der Waals surface area (Å²) in [5, 5.41) is -0.0888. The van der Waals surface area contributed by atoms with E-state index in [0.717, 1.165) is 11.8 Å². The first-order valence-electron chi connectivity index (χ1n) is 8.75. The molecular weight excluding hydrogens is 406 g/mol. The van der Waals surface area contributed by atoms with Gasteiger partial charge in [0.2, 0.25) is 0 Å². The van der Waals surface area contributed by atoms with Crippen molar-refractivity contribution in [3.8, 4) is 11.5 Å². The minimum atomic E-state index is -0.525. The van der Waals surface area contributed by atoms with Crippen molar-refractivity contribution in [1.29, 1.82) is 0 Å². The molecule has 0 aromatic heterocycles. The summed E-state index contributed by atoms with van der Waals surface area (Å²) < 4.78 is 15.5. The zero-order chi connectivity index (χ0) is 20.8. The van der Waals surface area contributed by atoms with E-state index in [2.05, 4.69) is 0 Å². The van der Waals surface area contributed by atoms with Gasteiger partial charge in [-0.25, -0.2) is 4.79 Å². The van der Waals surface area contributed by atoms with Crippen molar-refractivity contribution < 1.29 is 28.6 Å². The van der Waals surface area contributed by atoms with E-state index < -0.39 is 5.97 Å². The summed E-state index contributed by atoms with van der Waals surface area (Å²) in [6.45, 7) is 5.38. The summed E-state index contributed by atoms with van der Waals surface area (Å²) in [5.41, 5.74) is 0.569. The molecule has 28 heavy (non-hydrogen) atoms. The molecule has 1 unspecified atom stereocenters. The van der Waals surface area contributed by atoms with Crippen LogP contribution in [0.2, 0.25) is 5.02 Å². The Kier molecular flexibility index (Phi) is 7.77. The largest absolute Gasteiger partial charge is 0.493 e. The maximum absolute atomic E-state index is 12.5. The maximum atomic E-state index is 12.5. The van der Waals surface area contributed by atoms with E-state index in [-0.39, 0.29) is 41.2 Å². The van der Waals surface area contributed by atoms with Crippen LogP contribution in [0, 0.1) is 0 Å². The van der Waals surface area contributed by atoms with Crippen LogP contribution in [0.5, 0.6) is 11.5 Å². The predicted octanol–water partition coefficient (Wildman–Crippen LogP) is 4.13. The van der Waals surface area contributed by atoms with Crippen LogP contribution in [0.1, 0.15) is 32.8 Å². The highest BCUT2D eigenvalue weighted by Gasteiger charge is 2.37. The van der Waals surface area contributed by atoms with Gasteiger partial charge < -0.3 is 14.2 Å². The molecule has 1 atom stereocenters. The number of halogens is 1. The highest BCUT2D eigenvalue weighted by molar-refractivity contribution is 8.18. The summed E-state index contributed by atoms with van der Waals surface area (Å²) in [6.07, 6.45) is 2.26. The van der Waals surface area contributed by atoms with Crippen molar-refractivity contribution in [2.45, 2.75) is 33.2 Å². The summed E-state index contributed by atoms with van der Waals surface area (Å²) in [4.78, 5) is 37.7. The number of hydrogen-bond donors (Lipinski definition) is 0. The molecule has 9 heteroatoms. The molecule has 0 radical (unpaired) electrons. The van der Waals surface area contributed by atoms with Gasteiger partial charge in [-0.3, -0.25) is 14.5 Å². The molecule has 2 amide bonds. The molecule has 1 saturated heterocycles. The molecule has 1 fully saturated rings.